The van der Waals surface area contributed by atoms with E-state index < -0.39 is 0 Å². The van der Waals surface area contributed by atoms with Crippen molar-refractivity contribution >= 4 is 27.7 Å². The number of fused-ring (bicyclic) bond motifs is 2. The van der Waals surface area contributed by atoms with Gasteiger partial charge in [0.25, 0.3) is 0 Å². The molecule has 0 aliphatic heterocycles. The number of rotatable bonds is 8. The monoisotopic (exact) mass is 602 g/mol. The first-order chi connectivity index (χ1) is 17.2. The molecule has 4 heteroatoms. The molecule has 0 nitrogen and oxygen atoms in total. The SMILES string of the molecule is CCCc1cc(CCC)c2cc(C)[cH-]c2c1.CCCc1cc(CCC)c2cc(C)[cH-]c2c1.C[Si](C)=[Ti+2].[Cl-].[Cl-]. The summed E-state index contributed by atoms with van der Waals surface area (Å²) in [6.45, 7) is 17.9. The molecule has 4 aromatic rings. The van der Waals surface area contributed by atoms with Crippen LogP contribution in [0.2, 0.25) is 13.1 Å². The van der Waals surface area contributed by atoms with Gasteiger partial charge in [0.1, 0.15) is 0 Å². The van der Waals surface area contributed by atoms with Gasteiger partial charge in [-0.2, -0.15) is 12.1 Å². The minimum atomic E-state index is 0. The Bertz CT molecular complexity index is 1150. The van der Waals surface area contributed by atoms with Crippen molar-refractivity contribution in [2.24, 2.45) is 0 Å². The number of benzene rings is 2. The quantitative estimate of drug-likeness (QED) is 0.208. The molecule has 0 unspecified atom stereocenters. The van der Waals surface area contributed by atoms with Gasteiger partial charge in [0.05, 0.1) is 0 Å². The molecule has 0 N–H and O–H groups in total. The second-order valence-corrected chi connectivity index (χ2v) is 17.3. The fraction of sp³-hybridized carbons (Fsp3) is 0.471. The first kappa shape index (κ1) is 37.2. The van der Waals surface area contributed by atoms with E-state index in [9.17, 15) is 0 Å². The van der Waals surface area contributed by atoms with Crippen LogP contribution >= 0.6 is 0 Å². The normalized spacial score (nSPS) is 10.2. The van der Waals surface area contributed by atoms with Crippen LogP contribution in [0.4, 0.5) is 0 Å². The summed E-state index contributed by atoms with van der Waals surface area (Å²) >= 11 is 2.27. The van der Waals surface area contributed by atoms with E-state index in [-0.39, 0.29) is 31.0 Å². The fourth-order valence-electron chi connectivity index (χ4n) is 5.05. The van der Waals surface area contributed by atoms with Crippen molar-refractivity contribution in [2.45, 2.75) is 106 Å². The molecule has 0 fully saturated rings. The van der Waals surface area contributed by atoms with Crippen molar-refractivity contribution in [3.63, 3.8) is 0 Å². The molecule has 0 aliphatic rings. The molecule has 0 saturated heterocycles. The van der Waals surface area contributed by atoms with E-state index in [4.69, 9.17) is 0 Å². The molecular formula is C34H48Cl2SiTi-2. The second-order valence-electron chi connectivity index (χ2n) is 10.6. The summed E-state index contributed by atoms with van der Waals surface area (Å²) in [5.41, 5.74) is 8.86. The summed E-state index contributed by atoms with van der Waals surface area (Å²) in [5, 5.41) is 5.82. The van der Waals surface area contributed by atoms with Gasteiger partial charge in [-0.15, -0.1) is 56.9 Å². The standard InChI is InChI=1S/2C16H21.C2H6Si.2ClH.Ti/c2*1-4-6-13-10-14(7-5-2)16-9-12(3)8-15(16)11-13;1-3-2;;;/h2*8-11H,4-7H2,1-3H3;1-2H3;2*1H;/q2*-1;;;;+2/p-2. The van der Waals surface area contributed by atoms with Crippen LogP contribution in [0.25, 0.3) is 21.5 Å². The molecule has 208 valence electrons. The second kappa shape index (κ2) is 19.3. The topological polar surface area (TPSA) is 0 Å². The summed E-state index contributed by atoms with van der Waals surface area (Å²) in [4.78, 5) is 0. The van der Waals surface area contributed by atoms with Crippen LogP contribution in [0.1, 0.15) is 86.8 Å². The van der Waals surface area contributed by atoms with Gasteiger partial charge in [-0.3, -0.25) is 0 Å². The first-order valence-electron chi connectivity index (χ1n) is 14.1. The Morgan fingerprint density at radius 1 is 0.579 bits per heavy atom. The molecule has 4 aromatic carbocycles. The number of aryl methyl sites for hydroxylation is 6. The number of hydrogen-bond donors (Lipinski definition) is 0. The molecule has 0 radical (unpaired) electrons. The smallest absolute Gasteiger partial charge is 1.00 e. The van der Waals surface area contributed by atoms with Gasteiger partial charge in [-0.1, -0.05) is 102 Å². The molecule has 0 atom stereocenters. The molecule has 0 bridgehead atoms. The Morgan fingerprint density at radius 3 is 1.18 bits per heavy atom. The van der Waals surface area contributed by atoms with Gasteiger partial charge in [-0.05, 0) is 25.7 Å². The maximum absolute atomic E-state index is 2.41. The van der Waals surface area contributed by atoms with E-state index in [0.717, 1.165) is 0 Å². The third kappa shape index (κ3) is 11.7. The van der Waals surface area contributed by atoms with Crippen LogP contribution in [-0.2, 0) is 44.9 Å². The van der Waals surface area contributed by atoms with Gasteiger partial charge >= 0.3 is 38.5 Å². The Balaban J connectivity index is 0.000000604. The van der Waals surface area contributed by atoms with E-state index in [1.807, 2.05) is 0 Å². The summed E-state index contributed by atoms with van der Waals surface area (Å²) in [5.74, 6) is 0. The van der Waals surface area contributed by atoms with E-state index in [1.165, 1.54) is 106 Å². The van der Waals surface area contributed by atoms with Crippen LogP contribution in [-0.4, -0.2) is 6.19 Å². The van der Waals surface area contributed by atoms with Gasteiger partial charge in [0.15, 0.2) is 0 Å². The maximum atomic E-state index is 2.41. The Kier molecular flexibility index (Phi) is 18.9. The zero-order valence-electron chi connectivity index (χ0n) is 25.0. The van der Waals surface area contributed by atoms with Crippen LogP contribution in [0.3, 0.4) is 0 Å². The molecule has 4 rings (SSSR count). The van der Waals surface area contributed by atoms with E-state index >= 15 is 0 Å². The minimum absolute atomic E-state index is 0. The Morgan fingerprint density at radius 2 is 0.895 bits per heavy atom. The van der Waals surface area contributed by atoms with Crippen LogP contribution in [0, 0.1) is 13.8 Å². The molecule has 0 aliphatic carbocycles. The Labute approximate surface area is 258 Å². The van der Waals surface area contributed by atoms with Crippen molar-refractivity contribution in [1.82, 2.24) is 0 Å². The van der Waals surface area contributed by atoms with Crippen molar-refractivity contribution in [1.29, 1.82) is 0 Å². The van der Waals surface area contributed by atoms with Crippen molar-refractivity contribution in [3.05, 3.63) is 81.9 Å². The predicted octanol–water partition coefficient (Wildman–Crippen LogP) is 4.34. The van der Waals surface area contributed by atoms with E-state index in [2.05, 4.69) is 122 Å². The molecular weight excluding hydrogens is 555 g/mol. The first-order valence-corrected chi connectivity index (χ1v) is 19.0. The largest absolute Gasteiger partial charge is 1.00 e. The number of halogens is 2. The molecule has 0 spiro atoms. The molecule has 0 heterocycles. The summed E-state index contributed by atoms with van der Waals surface area (Å²) in [6, 6.07) is 18.8. The minimum Gasteiger partial charge on any atom is -1.00 e. The van der Waals surface area contributed by atoms with Crippen molar-refractivity contribution in [3.8, 4) is 0 Å². The van der Waals surface area contributed by atoms with Gasteiger partial charge in [0, 0.05) is 0 Å². The molecule has 0 amide bonds. The van der Waals surface area contributed by atoms with Crippen LogP contribution in [0.5, 0.6) is 0 Å². The third-order valence-electron chi connectivity index (χ3n) is 6.34. The summed E-state index contributed by atoms with van der Waals surface area (Å²) in [6.07, 6.45) is 9.87. The maximum Gasteiger partial charge on any atom is -1.00 e. The van der Waals surface area contributed by atoms with Gasteiger partial charge in [-0.25, -0.2) is 0 Å². The van der Waals surface area contributed by atoms with Crippen LogP contribution in [0.15, 0.2) is 48.5 Å². The molecule has 0 saturated carbocycles. The Hall–Kier alpha value is -0.829. The van der Waals surface area contributed by atoms with Crippen molar-refractivity contribution in [2.75, 3.05) is 0 Å². The van der Waals surface area contributed by atoms with Crippen LogP contribution < -0.4 is 24.8 Å². The van der Waals surface area contributed by atoms with Crippen molar-refractivity contribution < 1.29 is 44.0 Å². The zero-order chi connectivity index (χ0) is 26.7. The fourth-order valence-corrected chi connectivity index (χ4v) is 5.05. The zero-order valence-corrected chi connectivity index (χ0v) is 29.1. The summed E-state index contributed by atoms with van der Waals surface area (Å²) in [7, 11) is 0. The average Bonchev–Trinajstić information content (AvgIpc) is 3.36. The number of hydrogen-bond acceptors (Lipinski definition) is 0. The third-order valence-corrected chi connectivity index (χ3v) is 6.34. The molecule has 0 aromatic heterocycles. The van der Waals surface area contributed by atoms with Gasteiger partial charge in [0.2, 0.25) is 0 Å². The van der Waals surface area contributed by atoms with Gasteiger partial charge < -0.3 is 24.8 Å². The predicted molar refractivity (Wildman–Crippen MR) is 162 cm³/mol. The molecule has 38 heavy (non-hydrogen) atoms. The van der Waals surface area contributed by atoms with E-state index in [1.54, 1.807) is 0 Å². The average molecular weight is 604 g/mol. The van der Waals surface area contributed by atoms with E-state index in [0.29, 0.717) is 0 Å². The summed E-state index contributed by atoms with van der Waals surface area (Å²) < 4.78 is 0.